The van der Waals surface area contributed by atoms with Crippen molar-refractivity contribution in [2.45, 2.75) is 4.90 Å². The zero-order chi connectivity index (χ0) is 16.2. The first-order valence-corrected chi connectivity index (χ1v) is 8.46. The summed E-state index contributed by atoms with van der Waals surface area (Å²) < 4.78 is 40.2. The van der Waals surface area contributed by atoms with Crippen molar-refractivity contribution >= 4 is 37.5 Å². The molecular formula is C14H12BrFN2O3S. The van der Waals surface area contributed by atoms with Gasteiger partial charge in [-0.3, -0.25) is 4.79 Å². The Morgan fingerprint density at radius 3 is 2.55 bits per heavy atom. The number of sulfonamides is 1. The zero-order valence-electron chi connectivity index (χ0n) is 11.2. The number of benzene rings is 2. The SMILES string of the molecule is O=C(CNS(=O)(=O)c1ccccc1F)Nc1cccc(Br)c1. The van der Waals surface area contributed by atoms with Gasteiger partial charge in [0.05, 0.1) is 6.54 Å². The smallest absolute Gasteiger partial charge is 0.243 e. The number of amides is 1. The fourth-order valence-corrected chi connectivity index (χ4v) is 3.13. The Morgan fingerprint density at radius 2 is 1.86 bits per heavy atom. The molecule has 22 heavy (non-hydrogen) atoms. The number of carbonyl (C=O) groups is 1. The normalized spacial score (nSPS) is 11.2. The molecule has 0 aliphatic carbocycles. The second-order valence-corrected chi connectivity index (χ2v) is 6.96. The van der Waals surface area contributed by atoms with Crippen LogP contribution in [0.1, 0.15) is 0 Å². The average Bonchev–Trinajstić information content (AvgIpc) is 2.45. The van der Waals surface area contributed by atoms with Crippen LogP contribution in [0.2, 0.25) is 0 Å². The highest BCUT2D eigenvalue weighted by Gasteiger charge is 2.19. The van der Waals surface area contributed by atoms with Crippen molar-refractivity contribution in [3.8, 4) is 0 Å². The van der Waals surface area contributed by atoms with E-state index in [9.17, 15) is 17.6 Å². The molecule has 116 valence electrons. The molecule has 2 N–H and O–H groups in total. The van der Waals surface area contributed by atoms with Crippen LogP contribution in [0.5, 0.6) is 0 Å². The topological polar surface area (TPSA) is 75.3 Å². The van der Waals surface area contributed by atoms with Gasteiger partial charge >= 0.3 is 0 Å². The van der Waals surface area contributed by atoms with Crippen molar-refractivity contribution < 1.29 is 17.6 Å². The minimum Gasteiger partial charge on any atom is -0.325 e. The van der Waals surface area contributed by atoms with E-state index in [0.717, 1.165) is 16.6 Å². The molecule has 2 aromatic rings. The first-order chi connectivity index (χ1) is 10.4. The van der Waals surface area contributed by atoms with Crippen LogP contribution >= 0.6 is 15.9 Å². The summed E-state index contributed by atoms with van der Waals surface area (Å²) >= 11 is 3.26. The number of rotatable bonds is 5. The number of halogens is 2. The zero-order valence-corrected chi connectivity index (χ0v) is 13.6. The number of hydrogen-bond acceptors (Lipinski definition) is 3. The van der Waals surface area contributed by atoms with Crippen molar-refractivity contribution in [3.05, 3.63) is 58.8 Å². The standard InChI is InChI=1S/C14H12BrFN2O3S/c15-10-4-3-5-11(8-10)18-14(19)9-17-22(20,21)13-7-2-1-6-12(13)16/h1-8,17H,9H2,(H,18,19). The molecule has 0 saturated heterocycles. The Hall–Kier alpha value is -1.77. The minimum atomic E-state index is -4.08. The lowest BCUT2D eigenvalue weighted by molar-refractivity contribution is -0.115. The maximum Gasteiger partial charge on any atom is 0.243 e. The number of hydrogen-bond donors (Lipinski definition) is 2. The summed E-state index contributed by atoms with van der Waals surface area (Å²) in [5.41, 5.74) is 0.518. The van der Waals surface area contributed by atoms with Crippen LogP contribution in [-0.4, -0.2) is 20.9 Å². The molecule has 0 bridgehead atoms. The Balaban J connectivity index is 2.00. The quantitative estimate of drug-likeness (QED) is 0.828. The first kappa shape index (κ1) is 16.6. The van der Waals surface area contributed by atoms with Crippen molar-refractivity contribution in [3.63, 3.8) is 0 Å². The fourth-order valence-electron chi connectivity index (χ4n) is 1.67. The van der Waals surface area contributed by atoms with E-state index >= 15 is 0 Å². The number of nitrogens with one attached hydrogen (secondary N) is 2. The van der Waals surface area contributed by atoms with E-state index in [-0.39, 0.29) is 0 Å². The molecule has 0 fully saturated rings. The Morgan fingerprint density at radius 1 is 1.14 bits per heavy atom. The van der Waals surface area contributed by atoms with Gasteiger partial charge in [0.15, 0.2) is 0 Å². The van der Waals surface area contributed by atoms with E-state index in [2.05, 4.69) is 26.0 Å². The van der Waals surface area contributed by atoms with Gasteiger partial charge in [0, 0.05) is 10.2 Å². The Labute approximate surface area is 135 Å². The lowest BCUT2D eigenvalue weighted by atomic mass is 10.3. The monoisotopic (exact) mass is 386 g/mol. The molecule has 5 nitrogen and oxygen atoms in total. The van der Waals surface area contributed by atoms with Crippen molar-refractivity contribution in [2.75, 3.05) is 11.9 Å². The van der Waals surface area contributed by atoms with Gasteiger partial charge < -0.3 is 5.32 Å². The molecule has 2 rings (SSSR count). The lowest BCUT2D eigenvalue weighted by Gasteiger charge is -2.08. The highest BCUT2D eigenvalue weighted by atomic mass is 79.9. The summed E-state index contributed by atoms with van der Waals surface area (Å²) in [5.74, 6) is -1.43. The molecule has 0 aliphatic heterocycles. The maximum atomic E-state index is 13.5. The van der Waals surface area contributed by atoms with E-state index in [1.165, 1.54) is 12.1 Å². The summed E-state index contributed by atoms with van der Waals surface area (Å²) in [6, 6.07) is 11.8. The van der Waals surface area contributed by atoms with Crippen LogP contribution in [0.4, 0.5) is 10.1 Å². The molecular weight excluding hydrogens is 375 g/mol. The van der Waals surface area contributed by atoms with Gasteiger partial charge in [-0.25, -0.2) is 17.5 Å². The highest BCUT2D eigenvalue weighted by molar-refractivity contribution is 9.10. The summed E-state index contributed by atoms with van der Waals surface area (Å²) in [6.45, 7) is -0.497. The number of carbonyl (C=O) groups excluding carboxylic acids is 1. The molecule has 8 heteroatoms. The van der Waals surface area contributed by atoms with Crippen LogP contribution < -0.4 is 10.0 Å². The largest absolute Gasteiger partial charge is 0.325 e. The molecule has 0 aromatic heterocycles. The van der Waals surface area contributed by atoms with Crippen molar-refractivity contribution in [2.24, 2.45) is 0 Å². The fraction of sp³-hybridized carbons (Fsp3) is 0.0714. The third-order valence-electron chi connectivity index (χ3n) is 2.66. The predicted molar refractivity (Wildman–Crippen MR) is 84.4 cm³/mol. The van der Waals surface area contributed by atoms with Gasteiger partial charge in [-0.05, 0) is 30.3 Å². The van der Waals surface area contributed by atoms with Crippen LogP contribution in [0, 0.1) is 5.82 Å². The van der Waals surface area contributed by atoms with Gasteiger partial charge in [0.1, 0.15) is 10.7 Å². The van der Waals surface area contributed by atoms with Gasteiger partial charge in [-0.1, -0.05) is 34.1 Å². The predicted octanol–water partition coefficient (Wildman–Crippen LogP) is 2.51. The van der Waals surface area contributed by atoms with Crippen molar-refractivity contribution in [1.29, 1.82) is 0 Å². The molecule has 0 saturated carbocycles. The van der Waals surface area contributed by atoms with Crippen LogP contribution in [0.3, 0.4) is 0 Å². The van der Waals surface area contributed by atoms with Crippen LogP contribution in [0.25, 0.3) is 0 Å². The summed E-state index contributed by atoms with van der Waals surface area (Å²) in [6.07, 6.45) is 0. The average molecular weight is 387 g/mol. The summed E-state index contributed by atoms with van der Waals surface area (Å²) in [5, 5.41) is 2.53. The Kier molecular flexibility index (Phi) is 5.28. The highest BCUT2D eigenvalue weighted by Crippen LogP contribution is 2.16. The molecule has 0 radical (unpaired) electrons. The van der Waals surface area contributed by atoms with E-state index < -0.39 is 33.2 Å². The molecule has 0 aliphatic rings. The molecule has 0 spiro atoms. The molecule has 0 unspecified atom stereocenters. The van der Waals surface area contributed by atoms with Crippen molar-refractivity contribution in [1.82, 2.24) is 4.72 Å². The number of anilines is 1. The van der Waals surface area contributed by atoms with Crippen LogP contribution in [-0.2, 0) is 14.8 Å². The third-order valence-corrected chi connectivity index (χ3v) is 4.59. The van der Waals surface area contributed by atoms with E-state index in [1.807, 2.05) is 0 Å². The third kappa shape index (κ3) is 4.36. The summed E-state index contributed by atoms with van der Waals surface area (Å²) in [7, 11) is -4.08. The van der Waals surface area contributed by atoms with E-state index in [0.29, 0.717) is 5.69 Å². The second-order valence-electron chi connectivity index (χ2n) is 4.31. The summed E-state index contributed by atoms with van der Waals surface area (Å²) in [4.78, 5) is 11.2. The molecule has 1 amide bonds. The van der Waals surface area contributed by atoms with Gasteiger partial charge in [0.2, 0.25) is 15.9 Å². The maximum absolute atomic E-state index is 13.5. The Bertz CT molecular complexity index is 796. The minimum absolute atomic E-state index is 0.495. The second kappa shape index (κ2) is 6.99. The van der Waals surface area contributed by atoms with E-state index in [4.69, 9.17) is 0 Å². The lowest BCUT2D eigenvalue weighted by Crippen LogP contribution is -2.33. The first-order valence-electron chi connectivity index (χ1n) is 6.18. The molecule has 0 atom stereocenters. The van der Waals surface area contributed by atoms with Gasteiger partial charge in [-0.15, -0.1) is 0 Å². The van der Waals surface area contributed by atoms with Gasteiger partial charge in [0.25, 0.3) is 0 Å². The molecule has 2 aromatic carbocycles. The van der Waals surface area contributed by atoms with Gasteiger partial charge in [-0.2, -0.15) is 0 Å². The molecule has 0 heterocycles. The van der Waals surface area contributed by atoms with Crippen LogP contribution in [0.15, 0.2) is 57.9 Å². The van der Waals surface area contributed by atoms with E-state index in [1.54, 1.807) is 24.3 Å².